The number of ether oxygens (including phenoxy) is 2. The van der Waals surface area contributed by atoms with Gasteiger partial charge in [-0.3, -0.25) is 0 Å². The molecule has 0 saturated carbocycles. The summed E-state index contributed by atoms with van der Waals surface area (Å²) in [5, 5.41) is 22.4. The highest BCUT2D eigenvalue weighted by Gasteiger charge is 2.23. The van der Waals surface area contributed by atoms with E-state index >= 15 is 0 Å². The molecular weight excluding hydrogens is 324 g/mol. The molecule has 3 N–H and O–H groups in total. The highest BCUT2D eigenvalue weighted by Crippen LogP contribution is 2.27. The van der Waals surface area contributed by atoms with Crippen LogP contribution in [0, 0.1) is 11.6 Å². The summed E-state index contributed by atoms with van der Waals surface area (Å²) in [5.41, 5.74) is -0.680. The van der Waals surface area contributed by atoms with Crippen LogP contribution < -0.4 is 10.1 Å². The zero-order chi connectivity index (χ0) is 18.5. The van der Waals surface area contributed by atoms with Gasteiger partial charge in [0.2, 0.25) is 5.82 Å². The maximum atomic E-state index is 13.4. The molecule has 0 heterocycles. The highest BCUT2D eigenvalue weighted by molar-refractivity contribution is 5.67. The summed E-state index contributed by atoms with van der Waals surface area (Å²) in [6, 6.07) is 1.89. The molecule has 0 saturated heterocycles. The molecule has 1 aromatic rings. The third kappa shape index (κ3) is 5.93. The number of carbonyl (C=O) groups excluding carboxylic acids is 1. The molecule has 0 spiro atoms. The number of hydrogen-bond donors (Lipinski definition) is 3. The van der Waals surface area contributed by atoms with Crippen LogP contribution in [-0.2, 0) is 4.74 Å². The van der Waals surface area contributed by atoms with Crippen molar-refractivity contribution >= 4 is 6.09 Å². The first-order valence-corrected chi connectivity index (χ1v) is 7.41. The summed E-state index contributed by atoms with van der Waals surface area (Å²) in [4.78, 5) is 11.5. The van der Waals surface area contributed by atoms with E-state index in [2.05, 4.69) is 10.1 Å². The van der Waals surface area contributed by atoms with E-state index in [9.17, 15) is 23.8 Å². The van der Waals surface area contributed by atoms with Crippen LogP contribution in [0.15, 0.2) is 12.1 Å². The van der Waals surface area contributed by atoms with Gasteiger partial charge in [-0.25, -0.2) is 9.18 Å². The lowest BCUT2D eigenvalue weighted by molar-refractivity contribution is 0.0120. The molecule has 136 valence electrons. The molecule has 2 unspecified atom stereocenters. The van der Waals surface area contributed by atoms with Crippen molar-refractivity contribution in [3.05, 3.63) is 29.3 Å². The Morgan fingerprint density at radius 2 is 1.92 bits per heavy atom. The number of nitrogens with one attached hydrogen (secondary N) is 1. The number of rotatable bonds is 6. The van der Waals surface area contributed by atoms with Crippen molar-refractivity contribution in [3.8, 4) is 5.75 Å². The highest BCUT2D eigenvalue weighted by atomic mass is 19.2. The molecule has 0 aliphatic heterocycles. The van der Waals surface area contributed by atoms with Crippen molar-refractivity contribution < 1.29 is 33.3 Å². The van der Waals surface area contributed by atoms with E-state index in [1.54, 1.807) is 20.8 Å². The van der Waals surface area contributed by atoms with Gasteiger partial charge in [-0.1, -0.05) is 0 Å². The number of alkyl carbamates (subject to hydrolysis) is 1. The van der Waals surface area contributed by atoms with Gasteiger partial charge < -0.3 is 25.0 Å². The maximum Gasteiger partial charge on any atom is 0.407 e. The summed E-state index contributed by atoms with van der Waals surface area (Å²) >= 11 is 0. The van der Waals surface area contributed by atoms with Gasteiger partial charge >= 0.3 is 6.09 Å². The summed E-state index contributed by atoms with van der Waals surface area (Å²) in [6.45, 7) is 5.17. The molecule has 0 aliphatic carbocycles. The fraction of sp³-hybridized carbons (Fsp3) is 0.562. The van der Waals surface area contributed by atoms with E-state index < -0.39 is 35.5 Å². The Labute approximate surface area is 139 Å². The lowest BCUT2D eigenvalue weighted by Crippen LogP contribution is -2.34. The minimum atomic E-state index is -1.46. The summed E-state index contributed by atoms with van der Waals surface area (Å²) < 4.78 is 36.5. The van der Waals surface area contributed by atoms with Crippen LogP contribution in [0.25, 0.3) is 0 Å². The average Bonchev–Trinajstić information content (AvgIpc) is 2.47. The Bertz CT molecular complexity index is 574. The Balaban J connectivity index is 2.61. The van der Waals surface area contributed by atoms with Crippen LogP contribution in [0.1, 0.15) is 38.9 Å². The van der Waals surface area contributed by atoms with Crippen LogP contribution in [-0.4, -0.2) is 41.7 Å². The number of hydrogen-bond acceptors (Lipinski definition) is 5. The van der Waals surface area contributed by atoms with Gasteiger partial charge in [-0.2, -0.15) is 4.39 Å². The third-order valence-corrected chi connectivity index (χ3v) is 3.05. The van der Waals surface area contributed by atoms with Gasteiger partial charge in [-0.15, -0.1) is 0 Å². The van der Waals surface area contributed by atoms with Gasteiger partial charge in [0.15, 0.2) is 11.6 Å². The van der Waals surface area contributed by atoms with Crippen molar-refractivity contribution in [1.82, 2.24) is 5.32 Å². The van der Waals surface area contributed by atoms with Crippen molar-refractivity contribution in [2.75, 3.05) is 13.7 Å². The first-order chi connectivity index (χ1) is 11.0. The Morgan fingerprint density at radius 3 is 2.46 bits per heavy atom. The molecule has 6 nitrogen and oxygen atoms in total. The van der Waals surface area contributed by atoms with Gasteiger partial charge in [0.05, 0.1) is 13.2 Å². The second kappa shape index (κ2) is 8.25. The topological polar surface area (TPSA) is 88.0 Å². The molecule has 1 aromatic carbocycles. The fourth-order valence-corrected chi connectivity index (χ4v) is 1.92. The molecule has 0 radical (unpaired) electrons. The first kappa shape index (κ1) is 20.1. The molecule has 24 heavy (non-hydrogen) atoms. The minimum absolute atomic E-state index is 0.0122. The number of carbonyl (C=O) groups is 1. The largest absolute Gasteiger partial charge is 0.494 e. The van der Waals surface area contributed by atoms with Gasteiger partial charge in [0.25, 0.3) is 0 Å². The predicted octanol–water partition coefficient (Wildman–Crippen LogP) is 2.28. The number of benzene rings is 1. The number of aliphatic hydroxyl groups is 2. The van der Waals surface area contributed by atoms with Crippen molar-refractivity contribution in [1.29, 1.82) is 0 Å². The Morgan fingerprint density at radius 1 is 1.29 bits per heavy atom. The van der Waals surface area contributed by atoms with Crippen LogP contribution in [0.4, 0.5) is 13.6 Å². The molecule has 1 rings (SSSR count). The monoisotopic (exact) mass is 347 g/mol. The van der Waals surface area contributed by atoms with Crippen LogP contribution in [0.2, 0.25) is 0 Å². The van der Waals surface area contributed by atoms with E-state index in [0.717, 1.165) is 19.2 Å². The zero-order valence-electron chi connectivity index (χ0n) is 14.1. The van der Waals surface area contributed by atoms with Gasteiger partial charge in [0, 0.05) is 6.54 Å². The van der Waals surface area contributed by atoms with Gasteiger partial charge in [-0.05, 0) is 44.9 Å². The first-order valence-electron chi connectivity index (χ1n) is 7.41. The number of halogens is 2. The summed E-state index contributed by atoms with van der Waals surface area (Å²) in [5.74, 6) is -2.74. The molecule has 0 fully saturated rings. The molecule has 2 atom stereocenters. The molecular formula is C16H23F2NO5. The minimum Gasteiger partial charge on any atom is -0.494 e. The van der Waals surface area contributed by atoms with E-state index in [4.69, 9.17) is 4.74 Å². The van der Waals surface area contributed by atoms with Crippen molar-refractivity contribution in [2.24, 2.45) is 0 Å². The Kier molecular flexibility index (Phi) is 6.92. The lowest BCUT2D eigenvalue weighted by atomic mass is 10.0. The second-order valence-electron chi connectivity index (χ2n) is 6.25. The third-order valence-electron chi connectivity index (χ3n) is 3.05. The quantitative estimate of drug-likeness (QED) is 0.735. The molecule has 0 aromatic heterocycles. The fourth-order valence-electron chi connectivity index (χ4n) is 1.92. The molecule has 8 heteroatoms. The van der Waals surface area contributed by atoms with E-state index in [1.165, 1.54) is 0 Å². The molecule has 0 aliphatic rings. The summed E-state index contributed by atoms with van der Waals surface area (Å²) in [7, 11) is 1.16. The van der Waals surface area contributed by atoms with E-state index in [1.807, 2.05) is 0 Å². The summed E-state index contributed by atoms with van der Waals surface area (Å²) in [6.07, 6.45) is -3.43. The van der Waals surface area contributed by atoms with E-state index in [-0.39, 0.29) is 24.3 Å². The normalized spacial score (nSPS) is 14.0. The van der Waals surface area contributed by atoms with Crippen LogP contribution >= 0.6 is 0 Å². The average molecular weight is 347 g/mol. The van der Waals surface area contributed by atoms with Crippen molar-refractivity contribution in [2.45, 2.75) is 45.0 Å². The second-order valence-corrected chi connectivity index (χ2v) is 6.25. The number of amides is 1. The van der Waals surface area contributed by atoms with Crippen LogP contribution in [0.5, 0.6) is 5.75 Å². The number of aliphatic hydroxyl groups excluding tert-OH is 2. The SMILES string of the molecule is COc1cc(C(O)C(O)CCNC(=O)OC(C)(C)C)cc(F)c1F. The zero-order valence-corrected chi connectivity index (χ0v) is 14.1. The van der Waals surface area contributed by atoms with E-state index in [0.29, 0.717) is 0 Å². The van der Waals surface area contributed by atoms with Crippen LogP contribution in [0.3, 0.4) is 0 Å². The molecule has 1 amide bonds. The Hall–Kier alpha value is -1.93. The standard InChI is InChI=1S/C16H23F2NO5/c1-16(2,3)24-15(22)19-6-5-11(20)14(21)9-7-10(17)13(18)12(8-9)23-4/h7-8,11,14,20-21H,5-6H2,1-4H3,(H,19,22). The molecule has 0 bridgehead atoms. The number of methoxy groups -OCH3 is 1. The van der Waals surface area contributed by atoms with Gasteiger partial charge in [0.1, 0.15) is 11.7 Å². The maximum absolute atomic E-state index is 13.4. The lowest BCUT2D eigenvalue weighted by Gasteiger charge is -2.21. The predicted molar refractivity (Wildman–Crippen MR) is 82.7 cm³/mol. The smallest absolute Gasteiger partial charge is 0.407 e. The van der Waals surface area contributed by atoms with Crippen molar-refractivity contribution in [3.63, 3.8) is 0 Å².